The van der Waals surface area contributed by atoms with E-state index in [4.69, 9.17) is 0 Å². The van der Waals surface area contributed by atoms with Crippen LogP contribution in [0, 0.1) is 0 Å². The van der Waals surface area contributed by atoms with Crippen LogP contribution in [0.5, 0.6) is 5.75 Å². The maximum atomic E-state index is 12.0. The largest absolute Gasteiger partial charge is 0.507 e. The molecule has 0 aliphatic heterocycles. The van der Waals surface area contributed by atoms with Gasteiger partial charge in [0, 0.05) is 22.3 Å². The summed E-state index contributed by atoms with van der Waals surface area (Å²) < 4.78 is 0.430. The molecule has 1 aliphatic carbocycles. The van der Waals surface area contributed by atoms with Crippen molar-refractivity contribution < 1.29 is 29.4 Å². The first-order chi connectivity index (χ1) is 17.8. The normalized spacial score (nSPS) is 15.3. The average Bonchev–Trinajstić information content (AvgIpc) is 2.88. The summed E-state index contributed by atoms with van der Waals surface area (Å²) in [5, 5.41) is 19.5. The zero-order chi connectivity index (χ0) is 27.0. The number of para-hydroxylation sites is 1. The molecule has 0 spiro atoms. The van der Waals surface area contributed by atoms with Crippen LogP contribution in [0.15, 0.2) is 48.1 Å². The molecule has 37 heavy (non-hydrogen) atoms. The topological polar surface area (TPSA) is 157 Å². The van der Waals surface area contributed by atoms with Gasteiger partial charge in [0.05, 0.1) is 11.7 Å². The summed E-state index contributed by atoms with van der Waals surface area (Å²) in [6.07, 6.45) is 11.3. The Kier molecular flexibility index (Phi) is 13.7. The highest BCUT2D eigenvalue weighted by Gasteiger charge is 2.19. The fourth-order valence-electron chi connectivity index (χ4n) is 3.66. The average molecular weight is 626 g/mol. The monoisotopic (exact) mass is 626 g/mol. The lowest BCUT2D eigenvalue weighted by molar-refractivity contribution is -0.127. The van der Waals surface area contributed by atoms with Crippen LogP contribution in [0.25, 0.3) is 0 Å². The molecule has 0 bridgehead atoms. The Morgan fingerprint density at radius 2 is 1.49 bits per heavy atom. The lowest BCUT2D eigenvalue weighted by atomic mass is 10.0. The van der Waals surface area contributed by atoms with Gasteiger partial charge < -0.3 is 10.2 Å². The first-order valence-corrected chi connectivity index (χ1v) is 13.7. The molecule has 6 N–H and O–H groups in total. The van der Waals surface area contributed by atoms with E-state index in [2.05, 4.69) is 44.3 Å². The first-order valence-electron chi connectivity index (χ1n) is 12.4. The number of aliphatic hydroxyl groups is 1. The van der Waals surface area contributed by atoms with Crippen molar-refractivity contribution in [3.63, 3.8) is 0 Å². The number of phenols is 1. The number of amides is 4. The second-order valence-corrected chi connectivity index (χ2v) is 10.5. The van der Waals surface area contributed by atoms with E-state index >= 15 is 0 Å². The molecule has 0 aromatic heterocycles. The highest BCUT2D eigenvalue weighted by atomic mass is 127. The van der Waals surface area contributed by atoms with Gasteiger partial charge in [-0.05, 0) is 44.2 Å². The smallest absolute Gasteiger partial charge is 0.273 e. The number of carbonyl (C=O) groups excluding carboxylic acids is 4. The van der Waals surface area contributed by atoms with E-state index in [-0.39, 0.29) is 28.7 Å². The minimum Gasteiger partial charge on any atom is -0.507 e. The molecular formula is C26H35IN4O6. The SMILES string of the molecule is O=C(CCCCCCC(I)CCCC(=O)NNC(=O)c1ccccc1O)NNC(=O)C1=CC=CCC1O. The van der Waals surface area contributed by atoms with Crippen LogP contribution in [0.4, 0.5) is 0 Å². The zero-order valence-electron chi connectivity index (χ0n) is 20.7. The standard InChI is InChI=1S/C26H35IN4O6/c27-18(11-9-17-24(35)29-31-26(37)20-13-6-8-15-22(20)33)10-3-1-2-4-16-23(34)28-30-25(36)19-12-5-7-14-21(19)32/h5-8,12-13,15,18,21,32-33H,1-4,9-11,14,16-17H2,(H,28,34)(H,29,35)(H,30,36)(H,31,37). The zero-order valence-corrected chi connectivity index (χ0v) is 22.8. The number of carbonyl (C=O) groups is 4. The molecule has 0 saturated carbocycles. The molecule has 202 valence electrons. The number of hydrogen-bond acceptors (Lipinski definition) is 6. The number of rotatable bonds is 13. The van der Waals surface area contributed by atoms with Crippen LogP contribution in [0.1, 0.15) is 74.6 Å². The van der Waals surface area contributed by atoms with Crippen LogP contribution < -0.4 is 21.7 Å². The number of alkyl halides is 1. The van der Waals surface area contributed by atoms with Crippen molar-refractivity contribution in [2.45, 2.75) is 74.2 Å². The third-order valence-electron chi connectivity index (χ3n) is 5.76. The second-order valence-electron chi connectivity index (χ2n) is 8.77. The van der Waals surface area contributed by atoms with Crippen molar-refractivity contribution in [3.05, 3.63) is 53.6 Å². The maximum Gasteiger partial charge on any atom is 0.273 e. The summed E-state index contributed by atoms with van der Waals surface area (Å²) in [4.78, 5) is 47.8. The molecule has 2 unspecified atom stereocenters. The van der Waals surface area contributed by atoms with Crippen molar-refractivity contribution in [1.82, 2.24) is 21.7 Å². The van der Waals surface area contributed by atoms with Gasteiger partial charge in [0.1, 0.15) is 5.75 Å². The summed E-state index contributed by atoms with van der Waals surface area (Å²) in [6.45, 7) is 0. The first kappa shape index (κ1) is 30.3. The van der Waals surface area contributed by atoms with Crippen LogP contribution >= 0.6 is 22.6 Å². The molecule has 0 radical (unpaired) electrons. The number of halogens is 1. The van der Waals surface area contributed by atoms with Gasteiger partial charge in [0.15, 0.2) is 0 Å². The van der Waals surface area contributed by atoms with E-state index in [1.54, 1.807) is 24.3 Å². The minimum absolute atomic E-state index is 0.0914. The molecule has 1 aromatic carbocycles. The van der Waals surface area contributed by atoms with Gasteiger partial charge in [-0.2, -0.15) is 0 Å². The Balaban J connectivity index is 1.45. The van der Waals surface area contributed by atoms with E-state index in [0.717, 1.165) is 32.1 Å². The van der Waals surface area contributed by atoms with Crippen molar-refractivity contribution in [2.24, 2.45) is 0 Å². The predicted octanol–water partition coefficient (Wildman–Crippen LogP) is 2.86. The Bertz CT molecular complexity index is 997. The fraction of sp³-hybridized carbons (Fsp3) is 0.462. The number of aliphatic hydroxyl groups excluding tert-OH is 1. The van der Waals surface area contributed by atoms with E-state index < -0.39 is 17.9 Å². The van der Waals surface area contributed by atoms with E-state index in [1.165, 1.54) is 18.2 Å². The van der Waals surface area contributed by atoms with Gasteiger partial charge in [-0.1, -0.05) is 72.2 Å². The van der Waals surface area contributed by atoms with E-state index in [0.29, 0.717) is 36.0 Å². The van der Waals surface area contributed by atoms with Crippen molar-refractivity contribution in [1.29, 1.82) is 0 Å². The number of nitrogens with one attached hydrogen (secondary N) is 4. The molecule has 1 aromatic rings. The number of benzene rings is 1. The molecular weight excluding hydrogens is 591 g/mol. The van der Waals surface area contributed by atoms with E-state index in [1.807, 2.05) is 0 Å². The maximum absolute atomic E-state index is 12.0. The highest BCUT2D eigenvalue weighted by molar-refractivity contribution is 14.1. The molecule has 4 amide bonds. The number of allylic oxidation sites excluding steroid dienone is 2. The van der Waals surface area contributed by atoms with Gasteiger partial charge in [0.2, 0.25) is 11.8 Å². The minimum atomic E-state index is -0.857. The summed E-state index contributed by atoms with van der Waals surface area (Å²) in [6, 6.07) is 6.10. The van der Waals surface area contributed by atoms with Crippen LogP contribution in [0.3, 0.4) is 0 Å². The van der Waals surface area contributed by atoms with Gasteiger partial charge in [-0.3, -0.25) is 40.9 Å². The Morgan fingerprint density at radius 1 is 0.865 bits per heavy atom. The number of hydrazine groups is 2. The van der Waals surface area contributed by atoms with Gasteiger partial charge in [0.25, 0.3) is 11.8 Å². The lowest BCUT2D eigenvalue weighted by Crippen LogP contribution is -2.44. The lowest BCUT2D eigenvalue weighted by Gasteiger charge is -2.16. The molecule has 1 aliphatic rings. The molecule has 10 nitrogen and oxygen atoms in total. The third-order valence-corrected chi connectivity index (χ3v) is 7.01. The molecule has 2 rings (SSSR count). The van der Waals surface area contributed by atoms with Crippen LogP contribution in [0.2, 0.25) is 0 Å². The highest BCUT2D eigenvalue weighted by Crippen LogP contribution is 2.19. The molecule has 0 saturated heterocycles. The van der Waals surface area contributed by atoms with Gasteiger partial charge in [-0.15, -0.1) is 0 Å². The van der Waals surface area contributed by atoms with Crippen molar-refractivity contribution in [2.75, 3.05) is 0 Å². The molecule has 0 fully saturated rings. The number of unbranched alkanes of at least 4 members (excludes halogenated alkanes) is 3. The second kappa shape index (κ2) is 16.7. The van der Waals surface area contributed by atoms with Crippen molar-refractivity contribution in [3.8, 4) is 5.75 Å². The summed E-state index contributed by atoms with van der Waals surface area (Å²) in [5.74, 6) is -1.79. The van der Waals surface area contributed by atoms with Crippen LogP contribution in [-0.4, -0.2) is 43.9 Å². The Morgan fingerprint density at radius 3 is 2.19 bits per heavy atom. The molecule has 11 heteroatoms. The molecule has 0 heterocycles. The van der Waals surface area contributed by atoms with Gasteiger partial charge in [-0.25, -0.2) is 0 Å². The predicted molar refractivity (Wildman–Crippen MR) is 147 cm³/mol. The molecule has 2 atom stereocenters. The summed E-state index contributed by atoms with van der Waals surface area (Å²) in [5.41, 5.74) is 9.72. The number of phenolic OH excluding ortho intramolecular Hbond substituents is 1. The Labute approximate surface area is 230 Å². The number of hydrogen-bond donors (Lipinski definition) is 6. The summed E-state index contributed by atoms with van der Waals surface area (Å²) in [7, 11) is 0. The quantitative estimate of drug-likeness (QED) is 0.0856. The van der Waals surface area contributed by atoms with Crippen LogP contribution in [-0.2, 0) is 14.4 Å². The fourth-order valence-corrected chi connectivity index (χ4v) is 4.54. The third kappa shape index (κ3) is 11.8. The van der Waals surface area contributed by atoms with Gasteiger partial charge >= 0.3 is 0 Å². The number of aromatic hydroxyl groups is 1. The summed E-state index contributed by atoms with van der Waals surface area (Å²) >= 11 is 2.38. The van der Waals surface area contributed by atoms with E-state index in [9.17, 15) is 29.4 Å². The Hall–Kier alpha value is -2.93. The van der Waals surface area contributed by atoms with Crippen molar-refractivity contribution >= 4 is 46.2 Å².